The molecule has 3 rings (SSSR count). The van der Waals surface area contributed by atoms with Gasteiger partial charge >= 0.3 is 0 Å². The number of ether oxygens (including phenoxy) is 2. The highest BCUT2D eigenvalue weighted by molar-refractivity contribution is 14.0. The van der Waals surface area contributed by atoms with E-state index in [0.29, 0.717) is 31.5 Å². The molecule has 0 atom stereocenters. The van der Waals surface area contributed by atoms with Crippen molar-refractivity contribution in [1.82, 2.24) is 16.0 Å². The zero-order valence-electron chi connectivity index (χ0n) is 18.0. The smallest absolute Gasteiger partial charge is 0.220 e. The van der Waals surface area contributed by atoms with Gasteiger partial charge in [0.05, 0.1) is 13.2 Å². The lowest BCUT2D eigenvalue weighted by Gasteiger charge is -2.20. The van der Waals surface area contributed by atoms with Crippen LogP contribution in [0.25, 0.3) is 0 Å². The summed E-state index contributed by atoms with van der Waals surface area (Å²) < 4.78 is 11.8. The molecule has 0 heterocycles. The average molecular weight is 530 g/mol. The fourth-order valence-electron chi connectivity index (χ4n) is 3.55. The minimum Gasteiger partial charge on any atom is -0.493 e. The van der Waals surface area contributed by atoms with Gasteiger partial charge in [-0.1, -0.05) is 12.1 Å². The maximum Gasteiger partial charge on any atom is 0.220 e. The first-order valence-electron chi connectivity index (χ1n) is 10.8. The SMILES string of the molecule is CN=C(NCCCC(=O)NC1CC1)NCc1cccc(OC)c1OC1CCCC1.I. The molecule has 168 valence electrons. The number of carbonyl (C=O) groups excluding carboxylic acids is 1. The molecule has 1 aromatic rings. The number of methoxy groups -OCH3 is 1. The van der Waals surface area contributed by atoms with Gasteiger partial charge in [-0.3, -0.25) is 9.79 Å². The second kappa shape index (κ2) is 12.9. The van der Waals surface area contributed by atoms with Crippen LogP contribution in [0.3, 0.4) is 0 Å². The van der Waals surface area contributed by atoms with E-state index >= 15 is 0 Å². The van der Waals surface area contributed by atoms with E-state index in [0.717, 1.165) is 49.2 Å². The Kier molecular flexibility index (Phi) is 10.5. The van der Waals surface area contributed by atoms with Gasteiger partial charge in [0, 0.05) is 38.2 Å². The van der Waals surface area contributed by atoms with Crippen LogP contribution in [0.1, 0.15) is 56.9 Å². The molecule has 1 aromatic carbocycles. The lowest BCUT2D eigenvalue weighted by Crippen LogP contribution is -2.37. The van der Waals surface area contributed by atoms with Crippen LogP contribution in [0.4, 0.5) is 0 Å². The number of hydrogen-bond donors (Lipinski definition) is 3. The fourth-order valence-corrected chi connectivity index (χ4v) is 3.55. The standard InChI is InChI=1S/C22H34N4O3.HI/c1-23-22(24-14-6-11-20(27)26-17-12-13-17)25-15-16-7-5-10-19(28-2)21(16)29-18-8-3-4-9-18;/h5,7,10,17-18H,3-4,6,8-9,11-15H2,1-2H3,(H,26,27)(H2,23,24,25);1H. The topological polar surface area (TPSA) is 84.0 Å². The number of carbonyl (C=O) groups is 1. The van der Waals surface area contributed by atoms with Crippen LogP contribution in [0, 0.1) is 0 Å². The first-order chi connectivity index (χ1) is 14.2. The van der Waals surface area contributed by atoms with Gasteiger partial charge in [0.15, 0.2) is 17.5 Å². The first kappa shape index (κ1) is 24.6. The van der Waals surface area contributed by atoms with Crippen LogP contribution in [0.15, 0.2) is 23.2 Å². The summed E-state index contributed by atoms with van der Waals surface area (Å²) >= 11 is 0. The second-order valence-electron chi connectivity index (χ2n) is 7.77. The van der Waals surface area contributed by atoms with E-state index in [4.69, 9.17) is 9.47 Å². The summed E-state index contributed by atoms with van der Waals surface area (Å²) in [6.07, 6.45) is 8.47. The van der Waals surface area contributed by atoms with Gasteiger partial charge in [-0.25, -0.2) is 0 Å². The Balaban J connectivity index is 0.00000320. The van der Waals surface area contributed by atoms with Crippen molar-refractivity contribution in [3.05, 3.63) is 23.8 Å². The average Bonchev–Trinajstić information content (AvgIpc) is 3.39. The summed E-state index contributed by atoms with van der Waals surface area (Å²) in [5.41, 5.74) is 1.04. The molecule has 1 amide bonds. The molecule has 0 saturated heterocycles. The molecule has 0 bridgehead atoms. The Labute approximate surface area is 196 Å². The van der Waals surface area contributed by atoms with Gasteiger partial charge < -0.3 is 25.4 Å². The van der Waals surface area contributed by atoms with Crippen molar-refractivity contribution < 1.29 is 14.3 Å². The molecule has 2 aliphatic carbocycles. The molecule has 0 aromatic heterocycles. The van der Waals surface area contributed by atoms with E-state index in [-0.39, 0.29) is 36.0 Å². The van der Waals surface area contributed by atoms with Crippen LogP contribution in [0.2, 0.25) is 0 Å². The number of hydrogen-bond acceptors (Lipinski definition) is 4. The Hall–Kier alpha value is -1.71. The van der Waals surface area contributed by atoms with Gasteiger partial charge in [-0.05, 0) is 51.0 Å². The quantitative estimate of drug-likeness (QED) is 0.187. The summed E-state index contributed by atoms with van der Waals surface area (Å²) in [7, 11) is 3.42. The second-order valence-corrected chi connectivity index (χ2v) is 7.77. The third kappa shape index (κ3) is 7.85. The van der Waals surface area contributed by atoms with E-state index in [1.807, 2.05) is 12.1 Å². The summed E-state index contributed by atoms with van der Waals surface area (Å²) in [5.74, 6) is 2.44. The van der Waals surface area contributed by atoms with Gasteiger partial charge in [0.1, 0.15) is 0 Å². The Morgan fingerprint density at radius 2 is 1.93 bits per heavy atom. The number of benzene rings is 1. The molecule has 0 spiro atoms. The number of nitrogens with one attached hydrogen (secondary N) is 3. The highest BCUT2D eigenvalue weighted by atomic mass is 127. The third-order valence-corrected chi connectivity index (χ3v) is 5.35. The van der Waals surface area contributed by atoms with E-state index in [1.54, 1.807) is 14.2 Å². The Bertz CT molecular complexity index is 704. The maximum atomic E-state index is 11.7. The molecular weight excluding hydrogens is 495 g/mol. The molecule has 0 radical (unpaired) electrons. The number of para-hydroxylation sites is 1. The number of guanidine groups is 1. The van der Waals surface area contributed by atoms with Crippen molar-refractivity contribution in [2.75, 3.05) is 20.7 Å². The van der Waals surface area contributed by atoms with Crippen molar-refractivity contribution in [2.45, 2.75) is 70.1 Å². The number of aliphatic imine (C=N–C) groups is 1. The van der Waals surface area contributed by atoms with Gasteiger partial charge in [0.2, 0.25) is 5.91 Å². The van der Waals surface area contributed by atoms with Crippen LogP contribution < -0.4 is 25.4 Å². The summed E-state index contributed by atoms with van der Waals surface area (Å²) in [4.78, 5) is 16.0. The van der Waals surface area contributed by atoms with E-state index in [1.165, 1.54) is 12.8 Å². The molecule has 7 nitrogen and oxygen atoms in total. The molecule has 8 heteroatoms. The predicted octanol–water partition coefficient (Wildman–Crippen LogP) is 3.36. The monoisotopic (exact) mass is 530 g/mol. The molecule has 0 unspecified atom stereocenters. The van der Waals surface area contributed by atoms with Crippen LogP contribution in [-0.2, 0) is 11.3 Å². The van der Waals surface area contributed by atoms with E-state index < -0.39 is 0 Å². The minimum absolute atomic E-state index is 0. The van der Waals surface area contributed by atoms with Gasteiger partial charge in [-0.2, -0.15) is 0 Å². The van der Waals surface area contributed by atoms with Crippen molar-refractivity contribution in [3.8, 4) is 11.5 Å². The number of amides is 1. The maximum absolute atomic E-state index is 11.7. The first-order valence-corrected chi connectivity index (χ1v) is 10.8. The van der Waals surface area contributed by atoms with Crippen molar-refractivity contribution in [2.24, 2.45) is 4.99 Å². The lowest BCUT2D eigenvalue weighted by atomic mass is 10.1. The molecule has 0 aliphatic heterocycles. The van der Waals surface area contributed by atoms with Crippen LogP contribution in [0.5, 0.6) is 11.5 Å². The summed E-state index contributed by atoms with van der Waals surface area (Å²) in [6.45, 7) is 1.28. The van der Waals surface area contributed by atoms with Gasteiger partial charge in [-0.15, -0.1) is 24.0 Å². The molecular formula is C22H35IN4O3. The van der Waals surface area contributed by atoms with Crippen LogP contribution >= 0.6 is 24.0 Å². The highest BCUT2D eigenvalue weighted by Gasteiger charge is 2.23. The molecule has 30 heavy (non-hydrogen) atoms. The van der Waals surface area contributed by atoms with Gasteiger partial charge in [0.25, 0.3) is 0 Å². The van der Waals surface area contributed by atoms with E-state index in [9.17, 15) is 4.79 Å². The van der Waals surface area contributed by atoms with E-state index in [2.05, 4.69) is 27.0 Å². The summed E-state index contributed by atoms with van der Waals surface area (Å²) in [5, 5.41) is 9.62. The fraction of sp³-hybridized carbons (Fsp3) is 0.636. The van der Waals surface area contributed by atoms with Crippen molar-refractivity contribution >= 4 is 35.8 Å². The Morgan fingerprint density at radius 3 is 2.60 bits per heavy atom. The largest absolute Gasteiger partial charge is 0.493 e. The number of halogens is 1. The number of nitrogens with zero attached hydrogens (tertiary/aromatic N) is 1. The molecule has 3 N–H and O–H groups in total. The summed E-state index contributed by atoms with van der Waals surface area (Å²) in [6, 6.07) is 6.39. The highest BCUT2D eigenvalue weighted by Crippen LogP contribution is 2.34. The predicted molar refractivity (Wildman–Crippen MR) is 130 cm³/mol. The molecule has 2 fully saturated rings. The Morgan fingerprint density at radius 1 is 1.17 bits per heavy atom. The molecule has 2 aliphatic rings. The third-order valence-electron chi connectivity index (χ3n) is 5.35. The molecule has 2 saturated carbocycles. The zero-order chi connectivity index (χ0) is 20.5. The van der Waals surface area contributed by atoms with Crippen molar-refractivity contribution in [3.63, 3.8) is 0 Å². The van der Waals surface area contributed by atoms with Crippen molar-refractivity contribution in [1.29, 1.82) is 0 Å². The number of rotatable bonds is 10. The zero-order valence-corrected chi connectivity index (χ0v) is 20.4. The normalized spacial score (nSPS) is 16.5. The van der Waals surface area contributed by atoms with Crippen LogP contribution in [-0.4, -0.2) is 44.7 Å². The lowest BCUT2D eigenvalue weighted by molar-refractivity contribution is -0.121. The minimum atomic E-state index is 0.